The van der Waals surface area contributed by atoms with Gasteiger partial charge in [0.05, 0.1) is 10.9 Å². The van der Waals surface area contributed by atoms with Gasteiger partial charge in [-0.25, -0.2) is 23.3 Å². The highest BCUT2D eigenvalue weighted by molar-refractivity contribution is 7.89. The maximum atomic E-state index is 12.7. The van der Waals surface area contributed by atoms with E-state index >= 15 is 0 Å². The monoisotopic (exact) mass is 393 g/mol. The van der Waals surface area contributed by atoms with Gasteiger partial charge in [-0.15, -0.1) is 0 Å². The molecule has 2 rings (SSSR count). The first-order valence-electron chi connectivity index (χ1n) is 8.02. The number of carbonyl (C=O) groups is 1. The van der Waals surface area contributed by atoms with Crippen LogP contribution in [0.4, 0.5) is 0 Å². The second-order valence-corrected chi connectivity index (χ2v) is 7.34. The van der Waals surface area contributed by atoms with Gasteiger partial charge in [0, 0.05) is 11.9 Å². The minimum Gasteiger partial charge on any atom is -0.352 e. The van der Waals surface area contributed by atoms with E-state index in [1.165, 1.54) is 6.07 Å². The number of rotatable bonds is 9. The van der Waals surface area contributed by atoms with E-state index in [4.69, 9.17) is 5.41 Å². The van der Waals surface area contributed by atoms with Crippen molar-refractivity contribution in [3.8, 4) is 0 Å². The van der Waals surface area contributed by atoms with Crippen molar-refractivity contribution in [3.05, 3.63) is 52.6 Å². The number of guanidine groups is 1. The molecule has 0 aliphatic rings. The van der Waals surface area contributed by atoms with Crippen molar-refractivity contribution in [2.24, 2.45) is 0 Å². The predicted molar refractivity (Wildman–Crippen MR) is 99.2 cm³/mol. The third-order valence-electron chi connectivity index (χ3n) is 3.71. The molecule has 0 saturated carbocycles. The van der Waals surface area contributed by atoms with Gasteiger partial charge in [0.25, 0.3) is 5.96 Å². The molecule has 10 nitrogen and oxygen atoms in total. The molecule has 144 valence electrons. The molecule has 1 atom stereocenters. The zero-order valence-corrected chi connectivity index (χ0v) is 15.0. The summed E-state index contributed by atoms with van der Waals surface area (Å²) in [5.74, 6) is -0.487. The van der Waals surface area contributed by atoms with E-state index in [1.807, 2.05) is 0 Å². The largest absolute Gasteiger partial charge is 0.352 e. The average Bonchev–Trinajstić information content (AvgIpc) is 2.63. The van der Waals surface area contributed by atoms with Gasteiger partial charge in [0.15, 0.2) is 5.03 Å². The lowest BCUT2D eigenvalue weighted by Gasteiger charge is -2.15. The SMILES string of the molecule is N=C(NCCCC(C=O)NS(=O)(=O)c1cccc2ccccc12)N[N+](=O)[O-]. The van der Waals surface area contributed by atoms with Crippen LogP contribution in [0.3, 0.4) is 0 Å². The Balaban J connectivity index is 1.99. The van der Waals surface area contributed by atoms with E-state index in [1.54, 1.807) is 41.8 Å². The molecule has 11 heteroatoms. The molecule has 2 aromatic carbocycles. The topological polar surface area (TPSA) is 154 Å². The zero-order chi connectivity index (χ0) is 19.9. The van der Waals surface area contributed by atoms with Crippen molar-refractivity contribution in [2.45, 2.75) is 23.8 Å². The van der Waals surface area contributed by atoms with E-state index in [0.717, 1.165) is 5.39 Å². The Labute approximate surface area is 155 Å². The van der Waals surface area contributed by atoms with Crippen LogP contribution < -0.4 is 15.5 Å². The van der Waals surface area contributed by atoms with E-state index < -0.39 is 27.1 Å². The Morgan fingerprint density at radius 1 is 1.22 bits per heavy atom. The van der Waals surface area contributed by atoms with Crippen molar-refractivity contribution < 1.29 is 18.2 Å². The van der Waals surface area contributed by atoms with Gasteiger partial charge in [-0.05, 0) is 24.3 Å². The van der Waals surface area contributed by atoms with Crippen molar-refractivity contribution in [3.63, 3.8) is 0 Å². The molecule has 0 fully saturated rings. The fraction of sp³-hybridized carbons (Fsp3) is 0.250. The molecule has 0 radical (unpaired) electrons. The highest BCUT2D eigenvalue weighted by Gasteiger charge is 2.21. The molecule has 2 aromatic rings. The smallest absolute Gasteiger partial charge is 0.251 e. The summed E-state index contributed by atoms with van der Waals surface area (Å²) in [6, 6.07) is 11.0. The number of hydrogen-bond acceptors (Lipinski definition) is 6. The van der Waals surface area contributed by atoms with E-state index in [-0.39, 0.29) is 17.9 Å². The summed E-state index contributed by atoms with van der Waals surface area (Å²) in [5, 5.41) is 20.3. The number of hydrogen-bond donors (Lipinski definition) is 4. The molecule has 0 amide bonds. The molecule has 0 bridgehead atoms. The Morgan fingerprint density at radius 3 is 2.63 bits per heavy atom. The summed E-state index contributed by atoms with van der Waals surface area (Å²) >= 11 is 0. The number of nitrogens with one attached hydrogen (secondary N) is 4. The molecular weight excluding hydrogens is 374 g/mol. The van der Waals surface area contributed by atoms with Crippen LogP contribution in [0, 0.1) is 15.5 Å². The van der Waals surface area contributed by atoms with Crippen LogP contribution in [0.2, 0.25) is 0 Å². The number of nitrogens with zero attached hydrogens (tertiary/aromatic N) is 1. The number of carbonyl (C=O) groups excluding carboxylic acids is 1. The first-order chi connectivity index (χ1) is 12.8. The maximum absolute atomic E-state index is 12.7. The van der Waals surface area contributed by atoms with Crippen molar-refractivity contribution in [1.82, 2.24) is 15.5 Å². The summed E-state index contributed by atoms with van der Waals surface area (Å²) in [6.45, 7) is 0.167. The Hall–Kier alpha value is -3.05. The summed E-state index contributed by atoms with van der Waals surface area (Å²) in [6.07, 6.45) is 0.999. The third kappa shape index (κ3) is 5.72. The molecular formula is C16H19N5O5S. The van der Waals surface area contributed by atoms with Crippen LogP contribution in [-0.4, -0.2) is 38.3 Å². The minimum absolute atomic E-state index is 0.0857. The fourth-order valence-corrected chi connectivity index (χ4v) is 3.95. The lowest BCUT2D eigenvalue weighted by atomic mass is 10.1. The molecule has 27 heavy (non-hydrogen) atoms. The Kier molecular flexibility index (Phi) is 6.79. The Morgan fingerprint density at radius 2 is 1.93 bits per heavy atom. The normalized spacial score (nSPS) is 12.3. The van der Waals surface area contributed by atoms with Gasteiger partial charge in [-0.3, -0.25) is 5.41 Å². The van der Waals surface area contributed by atoms with Gasteiger partial charge in [0.2, 0.25) is 10.0 Å². The van der Waals surface area contributed by atoms with Crippen LogP contribution in [0.1, 0.15) is 12.8 Å². The number of benzene rings is 2. The summed E-state index contributed by atoms with van der Waals surface area (Å²) in [4.78, 5) is 21.5. The number of hydrazine groups is 1. The second kappa shape index (κ2) is 9.05. The van der Waals surface area contributed by atoms with Crippen LogP contribution >= 0.6 is 0 Å². The van der Waals surface area contributed by atoms with Gasteiger partial charge < -0.3 is 10.1 Å². The highest BCUT2D eigenvalue weighted by atomic mass is 32.2. The predicted octanol–water partition coefficient (Wildman–Crippen LogP) is 0.771. The molecule has 4 N–H and O–H groups in total. The van der Waals surface area contributed by atoms with Crippen LogP contribution in [0.5, 0.6) is 0 Å². The number of sulfonamides is 1. The highest BCUT2D eigenvalue weighted by Crippen LogP contribution is 2.22. The van der Waals surface area contributed by atoms with E-state index in [0.29, 0.717) is 18.1 Å². The summed E-state index contributed by atoms with van der Waals surface area (Å²) in [5.41, 5.74) is 1.63. The third-order valence-corrected chi connectivity index (χ3v) is 5.25. The van der Waals surface area contributed by atoms with Crippen molar-refractivity contribution in [1.29, 1.82) is 5.41 Å². The molecule has 0 saturated heterocycles. The van der Waals surface area contributed by atoms with Crippen LogP contribution in [-0.2, 0) is 14.8 Å². The first-order valence-corrected chi connectivity index (χ1v) is 9.50. The average molecular weight is 393 g/mol. The first kappa shape index (κ1) is 20.3. The maximum Gasteiger partial charge on any atom is 0.251 e. The molecule has 0 heterocycles. The number of aldehydes is 1. The van der Waals surface area contributed by atoms with Gasteiger partial charge in [0.1, 0.15) is 6.29 Å². The number of nitro groups is 1. The Bertz CT molecular complexity index is 942. The lowest BCUT2D eigenvalue weighted by Crippen LogP contribution is -2.41. The fourth-order valence-electron chi connectivity index (χ4n) is 2.51. The molecule has 0 aliphatic heterocycles. The van der Waals surface area contributed by atoms with Crippen molar-refractivity contribution >= 4 is 33.0 Å². The van der Waals surface area contributed by atoms with Crippen LogP contribution in [0.15, 0.2) is 47.4 Å². The zero-order valence-electron chi connectivity index (χ0n) is 14.2. The lowest BCUT2D eigenvalue weighted by molar-refractivity contribution is -0.525. The van der Waals surface area contributed by atoms with Gasteiger partial charge in [-0.1, -0.05) is 41.8 Å². The van der Waals surface area contributed by atoms with E-state index in [9.17, 15) is 23.3 Å². The standard InChI is InChI=1S/C16H19N5O5S/c17-16(19-21(23)24)18-10-4-7-13(11-22)20-27(25,26)15-9-3-6-12-5-1-2-8-14(12)15/h1-3,5-6,8-9,11,13,20H,4,7,10H2,(H3,17,18,19). The molecule has 0 spiro atoms. The second-order valence-electron chi connectivity index (χ2n) is 5.65. The van der Waals surface area contributed by atoms with Crippen LogP contribution in [0.25, 0.3) is 10.8 Å². The summed E-state index contributed by atoms with van der Waals surface area (Å²) < 4.78 is 27.7. The quantitative estimate of drug-likeness (QED) is 0.122. The molecule has 1 unspecified atom stereocenters. The van der Waals surface area contributed by atoms with Gasteiger partial charge in [-0.2, -0.15) is 0 Å². The number of fused-ring (bicyclic) bond motifs is 1. The van der Waals surface area contributed by atoms with E-state index in [2.05, 4.69) is 10.0 Å². The summed E-state index contributed by atoms with van der Waals surface area (Å²) in [7, 11) is -3.91. The van der Waals surface area contributed by atoms with Crippen molar-refractivity contribution in [2.75, 3.05) is 6.54 Å². The minimum atomic E-state index is -3.91. The molecule has 0 aromatic heterocycles. The molecule has 0 aliphatic carbocycles. The van der Waals surface area contributed by atoms with Gasteiger partial charge >= 0.3 is 0 Å².